The fraction of sp³-hybridized carbons (Fsp3) is 0.346. The molecule has 3 aromatic rings. The summed E-state index contributed by atoms with van der Waals surface area (Å²) in [5.74, 6) is 0.340. The molecule has 0 fully saturated rings. The number of amides is 2. The zero-order valence-electron chi connectivity index (χ0n) is 19.6. The Labute approximate surface area is 198 Å². The van der Waals surface area contributed by atoms with Crippen LogP contribution in [0.5, 0.6) is 5.75 Å². The molecule has 34 heavy (non-hydrogen) atoms. The van der Waals surface area contributed by atoms with Crippen LogP contribution in [0.15, 0.2) is 53.1 Å². The van der Waals surface area contributed by atoms with Crippen LogP contribution >= 0.6 is 0 Å². The highest BCUT2D eigenvalue weighted by Gasteiger charge is 2.31. The van der Waals surface area contributed by atoms with Gasteiger partial charge in [0.1, 0.15) is 17.8 Å². The first kappa shape index (κ1) is 23.5. The van der Waals surface area contributed by atoms with Crippen molar-refractivity contribution in [3.63, 3.8) is 0 Å². The number of hydrogen-bond donors (Lipinski definition) is 0. The fourth-order valence-corrected chi connectivity index (χ4v) is 4.32. The first-order valence-electron chi connectivity index (χ1n) is 11.4. The molecule has 0 bridgehead atoms. The second-order valence-electron chi connectivity index (χ2n) is 8.17. The van der Waals surface area contributed by atoms with Gasteiger partial charge >= 0.3 is 0 Å². The molecule has 4 rings (SSSR count). The minimum absolute atomic E-state index is 0.0449. The van der Waals surface area contributed by atoms with E-state index in [1.807, 2.05) is 32.0 Å². The molecule has 2 heterocycles. The van der Waals surface area contributed by atoms with Crippen molar-refractivity contribution in [2.75, 3.05) is 19.6 Å². The van der Waals surface area contributed by atoms with Gasteiger partial charge in [0.25, 0.3) is 5.91 Å². The van der Waals surface area contributed by atoms with E-state index in [1.165, 1.54) is 18.4 Å². The second kappa shape index (κ2) is 10.1. The van der Waals surface area contributed by atoms with E-state index in [2.05, 4.69) is 4.98 Å². The summed E-state index contributed by atoms with van der Waals surface area (Å²) in [4.78, 5) is 32.5. The number of hydrogen-bond acceptors (Lipinski definition) is 5. The van der Waals surface area contributed by atoms with Gasteiger partial charge in [0, 0.05) is 26.6 Å². The average Bonchev–Trinajstić information content (AvgIpc) is 3.32. The highest BCUT2D eigenvalue weighted by atomic mass is 19.1. The van der Waals surface area contributed by atoms with Gasteiger partial charge < -0.3 is 19.0 Å². The molecule has 178 valence electrons. The topological polar surface area (TPSA) is 75.9 Å². The molecule has 1 atom stereocenters. The van der Waals surface area contributed by atoms with Crippen LogP contribution in [0.4, 0.5) is 4.39 Å². The predicted octanol–water partition coefficient (Wildman–Crippen LogP) is 4.37. The molecule has 8 heteroatoms. The molecule has 0 aliphatic carbocycles. The molecule has 2 amide bonds. The normalized spacial score (nSPS) is 15.1. The minimum atomic E-state index is -0.328. The Morgan fingerprint density at radius 3 is 2.59 bits per heavy atom. The molecule has 0 saturated carbocycles. The number of ether oxygens (including phenoxy) is 1. The summed E-state index contributed by atoms with van der Waals surface area (Å²) in [7, 11) is 0. The van der Waals surface area contributed by atoms with Crippen LogP contribution in [0.2, 0.25) is 0 Å². The SMILES string of the molecule is CCN(CC)C(=O)c1coc(COc2ccc3c(c2)C(c2ccc(F)cc2)N(C(C)=O)CC3)n1. The molecule has 2 aromatic carbocycles. The Morgan fingerprint density at radius 1 is 1.18 bits per heavy atom. The summed E-state index contributed by atoms with van der Waals surface area (Å²) in [5, 5.41) is 0. The maximum Gasteiger partial charge on any atom is 0.275 e. The number of halogens is 1. The molecule has 1 aliphatic heterocycles. The summed E-state index contributed by atoms with van der Waals surface area (Å²) >= 11 is 0. The first-order chi connectivity index (χ1) is 16.4. The highest BCUT2D eigenvalue weighted by molar-refractivity contribution is 5.91. The largest absolute Gasteiger partial charge is 0.484 e. The number of aromatic nitrogens is 1. The summed E-state index contributed by atoms with van der Waals surface area (Å²) in [6.07, 6.45) is 2.07. The molecule has 1 aliphatic rings. The van der Waals surface area contributed by atoms with E-state index in [9.17, 15) is 14.0 Å². The van der Waals surface area contributed by atoms with E-state index in [1.54, 1.807) is 28.9 Å². The number of benzene rings is 2. The molecular weight excluding hydrogens is 437 g/mol. The van der Waals surface area contributed by atoms with Gasteiger partial charge in [0.15, 0.2) is 12.3 Å². The molecule has 0 N–H and O–H groups in total. The Kier molecular flexibility index (Phi) is 6.95. The van der Waals surface area contributed by atoms with Crippen molar-refractivity contribution in [1.82, 2.24) is 14.8 Å². The van der Waals surface area contributed by atoms with Crippen molar-refractivity contribution in [3.05, 3.63) is 82.8 Å². The van der Waals surface area contributed by atoms with Gasteiger partial charge in [-0.1, -0.05) is 18.2 Å². The maximum atomic E-state index is 13.5. The van der Waals surface area contributed by atoms with Crippen molar-refractivity contribution in [3.8, 4) is 5.75 Å². The van der Waals surface area contributed by atoms with Crippen molar-refractivity contribution in [1.29, 1.82) is 0 Å². The van der Waals surface area contributed by atoms with Crippen molar-refractivity contribution in [2.45, 2.75) is 39.8 Å². The number of carbonyl (C=O) groups excluding carboxylic acids is 2. The number of fused-ring (bicyclic) bond motifs is 1. The van der Waals surface area contributed by atoms with Crippen LogP contribution < -0.4 is 4.74 Å². The third-order valence-corrected chi connectivity index (χ3v) is 6.12. The number of carbonyl (C=O) groups is 2. The highest BCUT2D eigenvalue weighted by Crippen LogP contribution is 2.37. The zero-order valence-corrected chi connectivity index (χ0v) is 19.6. The molecule has 7 nitrogen and oxygen atoms in total. The first-order valence-corrected chi connectivity index (χ1v) is 11.4. The quantitative estimate of drug-likeness (QED) is 0.518. The van der Waals surface area contributed by atoms with E-state index in [0.29, 0.717) is 31.3 Å². The number of oxazole rings is 1. The van der Waals surface area contributed by atoms with Crippen LogP contribution in [0.1, 0.15) is 59.9 Å². The summed E-state index contributed by atoms with van der Waals surface area (Å²) in [6, 6.07) is 11.7. The standard InChI is InChI=1S/C26H28FN3O4/c1-4-29(5-2)26(32)23-15-34-24(28-23)16-33-21-11-8-18-12-13-30(17(3)31)25(22(18)14-21)19-6-9-20(27)10-7-19/h6-11,14-15,25H,4-5,12-13,16H2,1-3H3. The van der Waals surface area contributed by atoms with Gasteiger partial charge in [-0.05, 0) is 61.2 Å². The van der Waals surface area contributed by atoms with E-state index in [4.69, 9.17) is 9.15 Å². The van der Waals surface area contributed by atoms with Gasteiger partial charge in [0.05, 0.1) is 6.04 Å². The van der Waals surface area contributed by atoms with Crippen molar-refractivity contribution >= 4 is 11.8 Å². The molecule has 0 spiro atoms. The maximum absolute atomic E-state index is 13.5. The Hall–Kier alpha value is -3.68. The summed E-state index contributed by atoms with van der Waals surface area (Å²) in [5.41, 5.74) is 3.14. The van der Waals surface area contributed by atoms with Gasteiger partial charge in [-0.2, -0.15) is 0 Å². The fourth-order valence-electron chi connectivity index (χ4n) is 4.32. The van der Waals surface area contributed by atoms with Crippen LogP contribution in [-0.4, -0.2) is 46.2 Å². The lowest BCUT2D eigenvalue weighted by molar-refractivity contribution is -0.130. The average molecular weight is 466 g/mol. The molecule has 0 saturated heterocycles. The lowest BCUT2D eigenvalue weighted by atomic mass is 9.88. The van der Waals surface area contributed by atoms with Gasteiger partial charge in [0.2, 0.25) is 11.8 Å². The molecule has 0 radical (unpaired) electrons. The van der Waals surface area contributed by atoms with Crippen molar-refractivity contribution in [2.24, 2.45) is 0 Å². The monoisotopic (exact) mass is 465 g/mol. The third-order valence-electron chi connectivity index (χ3n) is 6.12. The second-order valence-corrected chi connectivity index (χ2v) is 8.17. The van der Waals surface area contributed by atoms with Crippen LogP contribution in [0.3, 0.4) is 0 Å². The van der Waals surface area contributed by atoms with E-state index >= 15 is 0 Å². The Morgan fingerprint density at radius 2 is 1.91 bits per heavy atom. The summed E-state index contributed by atoms with van der Waals surface area (Å²) < 4.78 is 24.9. The van der Waals surface area contributed by atoms with Gasteiger partial charge in [-0.3, -0.25) is 9.59 Å². The predicted molar refractivity (Wildman–Crippen MR) is 124 cm³/mol. The number of nitrogens with zero attached hydrogens (tertiary/aromatic N) is 3. The van der Waals surface area contributed by atoms with E-state index < -0.39 is 0 Å². The molecule has 1 aromatic heterocycles. The summed E-state index contributed by atoms with van der Waals surface area (Å²) in [6.45, 7) is 7.20. The molecule has 1 unspecified atom stereocenters. The van der Waals surface area contributed by atoms with Crippen molar-refractivity contribution < 1.29 is 23.1 Å². The van der Waals surface area contributed by atoms with E-state index in [0.717, 1.165) is 23.1 Å². The van der Waals surface area contributed by atoms with Gasteiger partial charge in [-0.15, -0.1) is 0 Å². The van der Waals surface area contributed by atoms with Crippen LogP contribution in [-0.2, 0) is 17.8 Å². The number of rotatable bonds is 7. The molecular formula is C26H28FN3O4. The third kappa shape index (κ3) is 4.81. The lowest BCUT2D eigenvalue weighted by Gasteiger charge is -2.37. The van der Waals surface area contributed by atoms with E-state index in [-0.39, 0.29) is 36.0 Å². The van der Waals surface area contributed by atoms with Gasteiger partial charge in [-0.25, -0.2) is 9.37 Å². The minimum Gasteiger partial charge on any atom is -0.484 e. The lowest BCUT2D eigenvalue weighted by Crippen LogP contribution is -2.39. The smallest absolute Gasteiger partial charge is 0.275 e. The Balaban J connectivity index is 1.55. The van der Waals surface area contributed by atoms with Crippen LogP contribution in [0.25, 0.3) is 0 Å². The Bertz CT molecular complexity index is 1170. The van der Waals surface area contributed by atoms with Crippen LogP contribution in [0, 0.1) is 5.82 Å². The zero-order chi connectivity index (χ0) is 24.2.